The molecule has 4 heteroatoms. The van der Waals surface area contributed by atoms with Gasteiger partial charge in [-0.25, -0.2) is 0 Å². The Labute approximate surface area is 137 Å². The summed E-state index contributed by atoms with van der Waals surface area (Å²) in [4.78, 5) is 2.52. The summed E-state index contributed by atoms with van der Waals surface area (Å²) >= 11 is 0. The van der Waals surface area contributed by atoms with Crippen molar-refractivity contribution in [3.05, 3.63) is 47.8 Å². The first-order valence-corrected chi connectivity index (χ1v) is 8.88. The molecule has 4 rings (SSSR count). The maximum absolute atomic E-state index is 5.98. The summed E-state index contributed by atoms with van der Waals surface area (Å²) in [7, 11) is 0. The van der Waals surface area contributed by atoms with Crippen LogP contribution in [0.15, 0.2) is 39.4 Å². The lowest BCUT2D eigenvalue weighted by Gasteiger charge is -2.25. The van der Waals surface area contributed by atoms with Gasteiger partial charge >= 0.3 is 0 Å². The third-order valence-electron chi connectivity index (χ3n) is 5.25. The fourth-order valence-electron chi connectivity index (χ4n) is 3.68. The van der Waals surface area contributed by atoms with Crippen molar-refractivity contribution < 1.29 is 8.83 Å². The van der Waals surface area contributed by atoms with Crippen molar-refractivity contribution >= 4 is 0 Å². The van der Waals surface area contributed by atoms with Crippen LogP contribution in [-0.2, 0) is 6.54 Å². The number of hydrogen-bond donors (Lipinski definition) is 1. The van der Waals surface area contributed by atoms with E-state index in [1.807, 2.05) is 6.07 Å². The van der Waals surface area contributed by atoms with Gasteiger partial charge in [-0.05, 0) is 62.5 Å². The lowest BCUT2D eigenvalue weighted by molar-refractivity contribution is 0.208. The average molecular weight is 314 g/mol. The molecule has 3 atom stereocenters. The molecular formula is C19H26N2O2. The van der Waals surface area contributed by atoms with Crippen LogP contribution in [0.4, 0.5) is 0 Å². The first-order chi connectivity index (χ1) is 11.3. The lowest BCUT2D eigenvalue weighted by Crippen LogP contribution is -2.33. The molecule has 0 radical (unpaired) electrons. The van der Waals surface area contributed by atoms with E-state index in [0.29, 0.717) is 12.0 Å². The van der Waals surface area contributed by atoms with Crippen molar-refractivity contribution in [3.63, 3.8) is 0 Å². The van der Waals surface area contributed by atoms with E-state index in [9.17, 15) is 0 Å². The van der Waals surface area contributed by atoms with Gasteiger partial charge in [0, 0.05) is 12.5 Å². The maximum Gasteiger partial charge on any atom is 0.122 e. The lowest BCUT2D eigenvalue weighted by atomic mass is 10.2. The average Bonchev–Trinajstić information content (AvgIpc) is 3.11. The molecule has 124 valence electrons. The summed E-state index contributed by atoms with van der Waals surface area (Å²) < 4.78 is 11.6. The van der Waals surface area contributed by atoms with E-state index in [2.05, 4.69) is 35.3 Å². The van der Waals surface area contributed by atoms with Crippen LogP contribution in [0.25, 0.3) is 0 Å². The van der Waals surface area contributed by atoms with E-state index in [4.69, 9.17) is 8.83 Å². The van der Waals surface area contributed by atoms with Gasteiger partial charge in [0.25, 0.3) is 0 Å². The molecule has 2 aromatic rings. The normalized spacial score (nSPS) is 25.8. The van der Waals surface area contributed by atoms with E-state index < -0.39 is 0 Å². The van der Waals surface area contributed by atoms with E-state index in [1.54, 1.807) is 6.26 Å². The zero-order valence-corrected chi connectivity index (χ0v) is 13.8. The molecule has 0 bridgehead atoms. The third-order valence-corrected chi connectivity index (χ3v) is 5.25. The standard InChI is InChI=1S/C19H26N2O2/c1-14-11-16(14)18-7-6-15(23-18)12-20-13-17(19-5-4-10-22-19)21-8-2-3-9-21/h4-7,10,14,16-17,20H,2-3,8-9,11-13H2,1H3. The Morgan fingerprint density at radius 3 is 2.78 bits per heavy atom. The smallest absolute Gasteiger partial charge is 0.122 e. The molecular weight excluding hydrogens is 288 g/mol. The minimum absolute atomic E-state index is 0.324. The number of furan rings is 2. The van der Waals surface area contributed by atoms with Crippen LogP contribution in [0.3, 0.4) is 0 Å². The minimum Gasteiger partial charge on any atom is -0.468 e. The van der Waals surface area contributed by atoms with Gasteiger partial charge in [-0.1, -0.05) is 6.92 Å². The topological polar surface area (TPSA) is 41.6 Å². The van der Waals surface area contributed by atoms with Crippen molar-refractivity contribution in [2.24, 2.45) is 5.92 Å². The van der Waals surface area contributed by atoms with E-state index in [-0.39, 0.29) is 0 Å². The second kappa shape index (κ2) is 6.54. The minimum atomic E-state index is 0.324. The highest BCUT2D eigenvalue weighted by atomic mass is 16.3. The van der Waals surface area contributed by atoms with Gasteiger partial charge in [0.2, 0.25) is 0 Å². The number of nitrogens with one attached hydrogen (secondary N) is 1. The molecule has 1 saturated carbocycles. The second-order valence-corrected chi connectivity index (χ2v) is 7.03. The van der Waals surface area contributed by atoms with Crippen LogP contribution in [0.5, 0.6) is 0 Å². The predicted octanol–water partition coefficient (Wildman–Crippen LogP) is 3.92. The van der Waals surface area contributed by atoms with Crippen molar-refractivity contribution in [3.8, 4) is 0 Å². The van der Waals surface area contributed by atoms with Crippen LogP contribution in [-0.4, -0.2) is 24.5 Å². The van der Waals surface area contributed by atoms with Crippen LogP contribution >= 0.6 is 0 Å². The van der Waals surface area contributed by atoms with Crippen molar-refractivity contribution in [2.75, 3.05) is 19.6 Å². The van der Waals surface area contributed by atoms with Gasteiger partial charge in [0.05, 0.1) is 18.8 Å². The van der Waals surface area contributed by atoms with Crippen LogP contribution in [0, 0.1) is 5.92 Å². The Balaban J connectivity index is 1.33. The Kier molecular flexibility index (Phi) is 4.27. The van der Waals surface area contributed by atoms with Crippen LogP contribution in [0.1, 0.15) is 55.4 Å². The highest BCUT2D eigenvalue weighted by molar-refractivity contribution is 5.17. The predicted molar refractivity (Wildman–Crippen MR) is 89.2 cm³/mol. The first kappa shape index (κ1) is 15.0. The number of hydrogen-bond acceptors (Lipinski definition) is 4. The monoisotopic (exact) mass is 314 g/mol. The molecule has 1 aliphatic heterocycles. The highest BCUT2D eigenvalue weighted by Gasteiger charge is 2.36. The largest absolute Gasteiger partial charge is 0.468 e. The zero-order valence-electron chi connectivity index (χ0n) is 13.8. The van der Waals surface area contributed by atoms with Gasteiger partial charge in [-0.2, -0.15) is 0 Å². The Hall–Kier alpha value is -1.52. The molecule has 3 unspecified atom stereocenters. The fourth-order valence-corrected chi connectivity index (χ4v) is 3.68. The summed E-state index contributed by atoms with van der Waals surface area (Å²) in [5.74, 6) is 4.71. The number of likely N-dealkylation sites (tertiary alicyclic amines) is 1. The van der Waals surface area contributed by atoms with E-state index >= 15 is 0 Å². The van der Waals surface area contributed by atoms with Crippen molar-refractivity contribution in [2.45, 2.75) is 44.7 Å². The Bertz CT molecular complexity index is 613. The third kappa shape index (κ3) is 3.38. The summed E-state index contributed by atoms with van der Waals surface area (Å²) in [6, 6.07) is 8.66. The summed E-state index contributed by atoms with van der Waals surface area (Å²) in [5.41, 5.74) is 0. The molecule has 1 saturated heterocycles. The number of nitrogens with zero attached hydrogens (tertiary/aromatic N) is 1. The molecule has 2 fully saturated rings. The van der Waals surface area contributed by atoms with Crippen molar-refractivity contribution in [1.29, 1.82) is 0 Å². The quantitative estimate of drug-likeness (QED) is 0.841. The zero-order chi connectivity index (χ0) is 15.6. The molecule has 3 heterocycles. The molecule has 4 nitrogen and oxygen atoms in total. The van der Waals surface area contributed by atoms with E-state index in [0.717, 1.165) is 49.4 Å². The molecule has 0 aromatic carbocycles. The molecule has 1 N–H and O–H groups in total. The SMILES string of the molecule is CC1CC1c1ccc(CNCC(c2ccco2)N2CCCC2)o1. The Morgan fingerprint density at radius 1 is 1.26 bits per heavy atom. The molecule has 0 amide bonds. The van der Waals surface area contributed by atoms with Gasteiger partial charge in [0.15, 0.2) is 0 Å². The highest BCUT2D eigenvalue weighted by Crippen LogP contribution is 2.47. The van der Waals surface area contributed by atoms with Crippen LogP contribution in [0.2, 0.25) is 0 Å². The van der Waals surface area contributed by atoms with Gasteiger partial charge in [-0.15, -0.1) is 0 Å². The molecule has 2 aromatic heterocycles. The summed E-state index contributed by atoms with van der Waals surface area (Å²) in [5, 5.41) is 3.56. The second-order valence-electron chi connectivity index (χ2n) is 7.03. The van der Waals surface area contributed by atoms with Crippen LogP contribution < -0.4 is 5.32 Å². The molecule has 2 aliphatic rings. The number of rotatable bonds is 7. The van der Waals surface area contributed by atoms with Gasteiger partial charge in [-0.3, -0.25) is 4.90 Å². The van der Waals surface area contributed by atoms with Gasteiger partial charge < -0.3 is 14.2 Å². The molecule has 1 aliphatic carbocycles. The van der Waals surface area contributed by atoms with E-state index in [1.165, 1.54) is 19.3 Å². The van der Waals surface area contributed by atoms with Gasteiger partial charge in [0.1, 0.15) is 17.3 Å². The maximum atomic E-state index is 5.98. The summed E-state index contributed by atoms with van der Waals surface area (Å²) in [6.45, 7) is 6.29. The Morgan fingerprint density at radius 2 is 2.09 bits per heavy atom. The first-order valence-electron chi connectivity index (χ1n) is 8.88. The van der Waals surface area contributed by atoms with Crippen molar-refractivity contribution in [1.82, 2.24) is 10.2 Å². The summed E-state index contributed by atoms with van der Waals surface area (Å²) in [6.07, 6.45) is 5.63. The molecule has 0 spiro atoms. The fraction of sp³-hybridized carbons (Fsp3) is 0.579. The molecule has 23 heavy (non-hydrogen) atoms.